The summed E-state index contributed by atoms with van der Waals surface area (Å²) in [6, 6.07) is 21.3. The third kappa shape index (κ3) is 4.91. The van der Waals surface area contributed by atoms with Crippen LogP contribution in [-0.2, 0) is 9.53 Å². The zero-order valence-corrected chi connectivity index (χ0v) is 23.4. The number of thiazole rings is 1. The van der Waals surface area contributed by atoms with Crippen molar-refractivity contribution in [1.29, 1.82) is 0 Å². The molecule has 5 rings (SSSR count). The Hall–Kier alpha value is -4.63. The number of carbonyl (C=O) groups is 1. The van der Waals surface area contributed by atoms with Crippen LogP contribution in [0, 0.1) is 0 Å². The molecule has 0 saturated heterocycles. The predicted molar refractivity (Wildman–Crippen MR) is 154 cm³/mol. The molecular formula is C31H28N2O6S. The maximum Gasteiger partial charge on any atom is 0.338 e. The van der Waals surface area contributed by atoms with E-state index in [4.69, 9.17) is 23.9 Å². The summed E-state index contributed by atoms with van der Waals surface area (Å²) in [7, 11) is 4.67. The van der Waals surface area contributed by atoms with Crippen LogP contribution >= 0.6 is 11.3 Å². The fourth-order valence-corrected chi connectivity index (χ4v) is 5.71. The molecule has 1 unspecified atom stereocenters. The van der Waals surface area contributed by atoms with E-state index in [0.29, 0.717) is 32.1 Å². The van der Waals surface area contributed by atoms with Crippen LogP contribution in [0.1, 0.15) is 29.7 Å². The Morgan fingerprint density at radius 2 is 1.70 bits per heavy atom. The summed E-state index contributed by atoms with van der Waals surface area (Å²) in [5.74, 6) is 1.04. The highest BCUT2D eigenvalue weighted by molar-refractivity contribution is 7.07. The molecule has 1 atom stereocenters. The molecule has 3 aromatic carbocycles. The normalized spacial score (nSPS) is 14.8. The summed E-state index contributed by atoms with van der Waals surface area (Å²) in [4.78, 5) is 33.0. The number of fused-ring (bicyclic) bond motifs is 1. The largest absolute Gasteiger partial charge is 0.497 e. The first-order chi connectivity index (χ1) is 19.5. The molecule has 0 spiro atoms. The standard InChI is InChI=1S/C31H28N2O6S/c1-5-39-30(35)25-26(20-10-7-6-8-11-20)32-31-33(27(25)22-12-9-13-23(37-3)28(22)38-4)29(34)24(40-31)18-19-14-16-21(36-2)17-15-19/h6-18,27H,5H2,1-4H3/b24-18-. The maximum atomic E-state index is 14.1. The highest BCUT2D eigenvalue weighted by Crippen LogP contribution is 2.42. The number of esters is 1. The van der Waals surface area contributed by atoms with E-state index in [0.717, 1.165) is 16.9 Å². The van der Waals surface area contributed by atoms with Crippen LogP contribution in [0.3, 0.4) is 0 Å². The van der Waals surface area contributed by atoms with Crippen LogP contribution in [0.25, 0.3) is 11.8 Å². The molecule has 0 saturated carbocycles. The van der Waals surface area contributed by atoms with Crippen molar-refractivity contribution < 1.29 is 23.7 Å². The van der Waals surface area contributed by atoms with Gasteiger partial charge in [0, 0.05) is 11.1 Å². The number of hydrogen-bond acceptors (Lipinski definition) is 8. The number of hydrogen-bond donors (Lipinski definition) is 0. The van der Waals surface area contributed by atoms with Gasteiger partial charge in [0.25, 0.3) is 5.56 Å². The van der Waals surface area contributed by atoms with Crippen molar-refractivity contribution in [2.24, 2.45) is 4.99 Å². The van der Waals surface area contributed by atoms with E-state index in [1.165, 1.54) is 23.0 Å². The van der Waals surface area contributed by atoms with Crippen molar-refractivity contribution >= 4 is 29.1 Å². The molecule has 0 fully saturated rings. The van der Waals surface area contributed by atoms with Gasteiger partial charge in [-0.05, 0) is 36.8 Å². The van der Waals surface area contributed by atoms with Gasteiger partial charge in [0.15, 0.2) is 16.3 Å². The topological polar surface area (TPSA) is 88.4 Å². The number of aromatic nitrogens is 1. The number of methoxy groups -OCH3 is 3. The number of ether oxygens (including phenoxy) is 4. The summed E-state index contributed by atoms with van der Waals surface area (Å²) in [6.45, 7) is 1.90. The number of carbonyl (C=O) groups excluding carboxylic acids is 1. The van der Waals surface area contributed by atoms with Gasteiger partial charge in [0.1, 0.15) is 11.8 Å². The molecule has 0 bridgehead atoms. The smallest absolute Gasteiger partial charge is 0.338 e. The van der Waals surface area contributed by atoms with Crippen molar-refractivity contribution in [3.8, 4) is 17.2 Å². The van der Waals surface area contributed by atoms with Crippen molar-refractivity contribution in [2.75, 3.05) is 27.9 Å². The molecule has 0 N–H and O–H groups in total. The van der Waals surface area contributed by atoms with E-state index in [-0.39, 0.29) is 17.7 Å². The Morgan fingerprint density at radius 3 is 2.35 bits per heavy atom. The average Bonchev–Trinajstić information content (AvgIpc) is 3.30. The summed E-state index contributed by atoms with van der Waals surface area (Å²) in [5.41, 5.74) is 2.52. The second kappa shape index (κ2) is 11.6. The Balaban J connectivity index is 1.85. The van der Waals surface area contributed by atoms with E-state index in [2.05, 4.69) is 0 Å². The number of nitrogens with zero attached hydrogens (tertiary/aromatic N) is 2. The van der Waals surface area contributed by atoms with Crippen LogP contribution in [0.4, 0.5) is 0 Å². The van der Waals surface area contributed by atoms with Crippen molar-refractivity contribution in [1.82, 2.24) is 4.57 Å². The lowest BCUT2D eigenvalue weighted by molar-refractivity contribution is -0.138. The molecule has 0 radical (unpaired) electrons. The number of benzene rings is 3. The highest BCUT2D eigenvalue weighted by atomic mass is 32.1. The van der Waals surface area contributed by atoms with E-state index >= 15 is 0 Å². The Morgan fingerprint density at radius 1 is 0.950 bits per heavy atom. The maximum absolute atomic E-state index is 14.1. The predicted octanol–water partition coefficient (Wildman–Crippen LogP) is 3.96. The summed E-state index contributed by atoms with van der Waals surface area (Å²) in [5, 5.41) is 0. The second-order valence-electron chi connectivity index (χ2n) is 8.79. The second-order valence-corrected chi connectivity index (χ2v) is 9.80. The van der Waals surface area contributed by atoms with Gasteiger partial charge in [-0.15, -0.1) is 0 Å². The first-order valence-electron chi connectivity index (χ1n) is 12.6. The minimum absolute atomic E-state index is 0.161. The third-order valence-corrected chi connectivity index (χ3v) is 7.50. The molecule has 0 aliphatic carbocycles. The first-order valence-corrected chi connectivity index (χ1v) is 13.5. The minimum atomic E-state index is -0.881. The molecule has 1 aliphatic heterocycles. The quantitative estimate of drug-likeness (QED) is 0.306. The third-order valence-electron chi connectivity index (χ3n) is 6.52. The van der Waals surface area contributed by atoms with Crippen molar-refractivity contribution in [3.05, 3.63) is 115 Å². The lowest BCUT2D eigenvalue weighted by Crippen LogP contribution is -2.40. The van der Waals surface area contributed by atoms with Crippen LogP contribution in [-0.4, -0.2) is 38.5 Å². The van der Waals surface area contributed by atoms with Gasteiger partial charge < -0.3 is 18.9 Å². The van der Waals surface area contributed by atoms with Gasteiger partial charge in [0.2, 0.25) is 0 Å². The van der Waals surface area contributed by atoms with Gasteiger partial charge >= 0.3 is 5.97 Å². The molecule has 204 valence electrons. The lowest BCUT2D eigenvalue weighted by Gasteiger charge is -2.27. The van der Waals surface area contributed by atoms with Crippen LogP contribution < -0.4 is 29.1 Å². The lowest BCUT2D eigenvalue weighted by atomic mass is 9.92. The molecule has 40 heavy (non-hydrogen) atoms. The Kier molecular flexibility index (Phi) is 7.84. The average molecular weight is 557 g/mol. The van der Waals surface area contributed by atoms with E-state index in [1.807, 2.05) is 60.7 Å². The summed E-state index contributed by atoms with van der Waals surface area (Å²) in [6.07, 6.45) is 1.80. The summed E-state index contributed by atoms with van der Waals surface area (Å²) >= 11 is 1.25. The fourth-order valence-electron chi connectivity index (χ4n) is 4.71. The minimum Gasteiger partial charge on any atom is -0.497 e. The highest BCUT2D eigenvalue weighted by Gasteiger charge is 2.37. The molecule has 4 aromatic rings. The zero-order chi connectivity index (χ0) is 28.2. The van der Waals surface area contributed by atoms with E-state index < -0.39 is 12.0 Å². The molecule has 9 heteroatoms. The number of para-hydroxylation sites is 1. The molecule has 0 amide bonds. The Labute approximate surface area is 235 Å². The molecule has 8 nitrogen and oxygen atoms in total. The fraction of sp³-hybridized carbons (Fsp3) is 0.194. The van der Waals surface area contributed by atoms with Crippen LogP contribution in [0.2, 0.25) is 0 Å². The SMILES string of the molecule is CCOC(=O)C1=C(c2ccccc2)N=c2s/c(=C\c3ccc(OC)cc3)c(=O)n2C1c1cccc(OC)c1OC. The Bertz CT molecular complexity index is 1750. The molecule has 1 aromatic heterocycles. The summed E-state index contributed by atoms with van der Waals surface area (Å²) < 4.78 is 24.1. The first kappa shape index (κ1) is 27.0. The van der Waals surface area contributed by atoms with Gasteiger partial charge in [-0.3, -0.25) is 9.36 Å². The van der Waals surface area contributed by atoms with Crippen LogP contribution in [0.15, 0.2) is 88.2 Å². The molecular weight excluding hydrogens is 528 g/mol. The molecule has 2 heterocycles. The van der Waals surface area contributed by atoms with Gasteiger partial charge in [0.05, 0.1) is 43.7 Å². The zero-order valence-electron chi connectivity index (χ0n) is 22.5. The van der Waals surface area contributed by atoms with E-state index in [9.17, 15) is 9.59 Å². The van der Waals surface area contributed by atoms with Crippen molar-refractivity contribution in [2.45, 2.75) is 13.0 Å². The molecule has 1 aliphatic rings. The van der Waals surface area contributed by atoms with Gasteiger partial charge in [-0.1, -0.05) is 65.9 Å². The monoisotopic (exact) mass is 556 g/mol. The van der Waals surface area contributed by atoms with E-state index in [1.54, 1.807) is 39.4 Å². The van der Waals surface area contributed by atoms with Crippen LogP contribution in [0.5, 0.6) is 17.2 Å². The number of rotatable bonds is 8. The van der Waals surface area contributed by atoms with Gasteiger partial charge in [-0.25, -0.2) is 9.79 Å². The van der Waals surface area contributed by atoms with Gasteiger partial charge in [-0.2, -0.15) is 0 Å². The van der Waals surface area contributed by atoms with Crippen molar-refractivity contribution in [3.63, 3.8) is 0 Å².